The van der Waals surface area contributed by atoms with E-state index in [1.807, 2.05) is 0 Å². The molecule has 0 bridgehead atoms. The van der Waals surface area contributed by atoms with Gasteiger partial charge in [0.1, 0.15) is 11.8 Å². The fraction of sp³-hybridized carbons (Fsp3) is 0.471. The summed E-state index contributed by atoms with van der Waals surface area (Å²) in [4.78, 5) is 37.6. The first kappa shape index (κ1) is 20.0. The van der Waals surface area contributed by atoms with Crippen molar-refractivity contribution in [2.75, 3.05) is 18.4 Å². The van der Waals surface area contributed by atoms with E-state index >= 15 is 0 Å². The van der Waals surface area contributed by atoms with E-state index in [-0.39, 0.29) is 27.8 Å². The Hall–Kier alpha value is -1.77. The fourth-order valence-electron chi connectivity index (χ4n) is 4.03. The molecule has 2 aliphatic rings. The second-order valence-corrected chi connectivity index (χ2v) is 7.58. The number of halogens is 4. The van der Waals surface area contributed by atoms with E-state index < -0.39 is 48.1 Å². The number of fused-ring (bicyclic) bond motifs is 2. The van der Waals surface area contributed by atoms with Crippen LogP contribution in [0.1, 0.15) is 18.9 Å². The molecule has 146 valence electrons. The van der Waals surface area contributed by atoms with Crippen LogP contribution in [0.25, 0.3) is 0 Å². The highest BCUT2D eigenvalue weighted by Crippen LogP contribution is 2.55. The minimum Gasteiger partial charge on any atom is -0.481 e. The number of hydrogen-bond donors (Lipinski definition) is 2. The van der Waals surface area contributed by atoms with Crippen LogP contribution in [0.2, 0.25) is 10.0 Å². The molecule has 1 spiro atoms. The lowest BCUT2D eigenvalue weighted by Gasteiger charge is -2.37. The zero-order valence-corrected chi connectivity index (χ0v) is 15.7. The molecule has 3 unspecified atom stereocenters. The van der Waals surface area contributed by atoms with Gasteiger partial charge < -0.3 is 15.2 Å². The molecule has 6 nitrogen and oxygen atoms in total. The van der Waals surface area contributed by atoms with Crippen molar-refractivity contribution in [3.63, 3.8) is 0 Å². The summed E-state index contributed by atoms with van der Waals surface area (Å²) in [6, 6.07) is 2.69. The SMILES string of the molecule is CCC(F)(F)CN1CC(C=O)C(C(=O)O)C12C(=O)Nc1c(Cl)cc(Cl)cc12. The normalized spacial score (nSPS) is 27.7. The van der Waals surface area contributed by atoms with Gasteiger partial charge in [0.05, 0.1) is 23.2 Å². The molecular weight excluding hydrogens is 405 g/mol. The van der Waals surface area contributed by atoms with Gasteiger partial charge in [0, 0.05) is 29.5 Å². The summed E-state index contributed by atoms with van der Waals surface area (Å²) in [6.07, 6.45) is -0.115. The molecule has 1 saturated heterocycles. The number of nitrogens with one attached hydrogen (secondary N) is 1. The maximum atomic E-state index is 14.2. The highest BCUT2D eigenvalue weighted by Gasteiger charge is 2.66. The van der Waals surface area contributed by atoms with Crippen LogP contribution >= 0.6 is 23.2 Å². The minimum atomic E-state index is -3.18. The summed E-state index contributed by atoms with van der Waals surface area (Å²) >= 11 is 12.2. The number of benzene rings is 1. The summed E-state index contributed by atoms with van der Waals surface area (Å²) < 4.78 is 28.4. The third-order valence-electron chi connectivity index (χ3n) is 5.24. The first-order chi connectivity index (χ1) is 12.6. The van der Waals surface area contributed by atoms with E-state index in [1.54, 1.807) is 0 Å². The molecule has 1 aromatic carbocycles. The van der Waals surface area contributed by atoms with E-state index in [0.717, 1.165) is 4.90 Å². The van der Waals surface area contributed by atoms with Crippen molar-refractivity contribution in [3.8, 4) is 0 Å². The molecule has 1 aromatic rings. The Kier molecular flexibility index (Phi) is 4.95. The Morgan fingerprint density at radius 1 is 1.48 bits per heavy atom. The average Bonchev–Trinajstić information content (AvgIpc) is 3.05. The van der Waals surface area contributed by atoms with Gasteiger partial charge in [0.15, 0.2) is 0 Å². The van der Waals surface area contributed by atoms with Crippen LogP contribution in [0.15, 0.2) is 12.1 Å². The van der Waals surface area contributed by atoms with E-state index in [9.17, 15) is 28.3 Å². The molecule has 1 amide bonds. The number of carbonyl (C=O) groups excluding carboxylic acids is 2. The van der Waals surface area contributed by atoms with Crippen molar-refractivity contribution < 1.29 is 28.3 Å². The van der Waals surface area contributed by atoms with Crippen LogP contribution in [0.3, 0.4) is 0 Å². The van der Waals surface area contributed by atoms with Crippen LogP contribution in [-0.4, -0.2) is 47.2 Å². The molecule has 2 heterocycles. The standard InChI is InChI=1S/C17H16Cl2F2N2O4/c1-2-16(20,21)7-23-5-8(6-24)12(14(25)26)17(23)10-3-9(18)4-11(19)13(10)22-15(17)27/h3-4,6,8,12H,2,5,7H2,1H3,(H,22,27)(H,25,26). The topological polar surface area (TPSA) is 86.7 Å². The van der Waals surface area contributed by atoms with E-state index in [2.05, 4.69) is 5.32 Å². The number of likely N-dealkylation sites (tertiary alicyclic amines) is 1. The van der Waals surface area contributed by atoms with Crippen LogP contribution in [0.5, 0.6) is 0 Å². The monoisotopic (exact) mass is 420 g/mol. The molecule has 1 fully saturated rings. The van der Waals surface area contributed by atoms with Gasteiger partial charge in [-0.15, -0.1) is 0 Å². The maximum Gasteiger partial charge on any atom is 0.310 e. The van der Waals surface area contributed by atoms with Crippen LogP contribution in [-0.2, 0) is 19.9 Å². The fourth-order valence-corrected chi connectivity index (χ4v) is 4.57. The van der Waals surface area contributed by atoms with Gasteiger partial charge in [0.2, 0.25) is 0 Å². The van der Waals surface area contributed by atoms with E-state index in [4.69, 9.17) is 23.2 Å². The van der Waals surface area contributed by atoms with Crippen molar-refractivity contribution in [2.45, 2.75) is 24.8 Å². The zero-order valence-electron chi connectivity index (χ0n) is 14.1. The molecule has 2 N–H and O–H groups in total. The largest absolute Gasteiger partial charge is 0.481 e. The summed E-state index contributed by atoms with van der Waals surface area (Å²) in [5.41, 5.74) is -1.79. The number of carboxylic acid groups (broad SMARTS) is 1. The lowest BCUT2D eigenvalue weighted by molar-refractivity contribution is -0.153. The second kappa shape index (κ2) is 6.68. The summed E-state index contributed by atoms with van der Waals surface area (Å²) in [5, 5.41) is 12.4. The van der Waals surface area contributed by atoms with Gasteiger partial charge in [-0.25, -0.2) is 8.78 Å². The predicted octanol–water partition coefficient (Wildman–Crippen LogP) is 3.02. The number of amides is 1. The van der Waals surface area contributed by atoms with Crippen LogP contribution in [0, 0.1) is 11.8 Å². The lowest BCUT2D eigenvalue weighted by Crippen LogP contribution is -2.55. The van der Waals surface area contributed by atoms with Gasteiger partial charge in [-0.05, 0) is 12.1 Å². The zero-order chi connectivity index (χ0) is 20.1. The predicted molar refractivity (Wildman–Crippen MR) is 94.3 cm³/mol. The highest BCUT2D eigenvalue weighted by molar-refractivity contribution is 6.38. The third-order valence-corrected chi connectivity index (χ3v) is 5.76. The highest BCUT2D eigenvalue weighted by atomic mass is 35.5. The van der Waals surface area contributed by atoms with Gasteiger partial charge in [-0.3, -0.25) is 14.5 Å². The third kappa shape index (κ3) is 2.90. The Balaban J connectivity index is 2.28. The van der Waals surface area contributed by atoms with Crippen LogP contribution < -0.4 is 5.32 Å². The second-order valence-electron chi connectivity index (χ2n) is 6.74. The first-order valence-electron chi connectivity index (χ1n) is 8.20. The molecule has 3 atom stereocenters. The van der Waals surface area contributed by atoms with E-state index in [0.29, 0.717) is 6.29 Å². The van der Waals surface area contributed by atoms with Gasteiger partial charge in [-0.1, -0.05) is 30.1 Å². The van der Waals surface area contributed by atoms with Gasteiger partial charge in [-0.2, -0.15) is 0 Å². The number of aldehydes is 1. The van der Waals surface area contributed by atoms with E-state index in [1.165, 1.54) is 19.1 Å². The molecule has 27 heavy (non-hydrogen) atoms. The summed E-state index contributed by atoms with van der Waals surface area (Å²) in [6.45, 7) is 0.104. The molecule has 2 aliphatic heterocycles. The number of carboxylic acids is 1. The Morgan fingerprint density at radius 3 is 2.70 bits per heavy atom. The van der Waals surface area contributed by atoms with Crippen molar-refractivity contribution in [1.82, 2.24) is 4.90 Å². The number of nitrogens with zero attached hydrogens (tertiary/aromatic N) is 1. The van der Waals surface area contributed by atoms with Gasteiger partial charge >= 0.3 is 5.97 Å². The smallest absolute Gasteiger partial charge is 0.310 e. The van der Waals surface area contributed by atoms with Crippen molar-refractivity contribution in [2.24, 2.45) is 11.8 Å². The number of carbonyl (C=O) groups is 3. The summed E-state index contributed by atoms with van der Waals surface area (Å²) in [7, 11) is 0. The Labute approximate surface area is 163 Å². The number of aliphatic carboxylic acids is 1. The van der Waals surface area contributed by atoms with Crippen molar-refractivity contribution in [1.29, 1.82) is 0 Å². The Morgan fingerprint density at radius 2 is 2.15 bits per heavy atom. The number of anilines is 1. The molecule has 0 radical (unpaired) electrons. The average molecular weight is 421 g/mol. The lowest BCUT2D eigenvalue weighted by atomic mass is 9.76. The van der Waals surface area contributed by atoms with Gasteiger partial charge in [0.25, 0.3) is 11.8 Å². The molecule has 0 aliphatic carbocycles. The van der Waals surface area contributed by atoms with Crippen molar-refractivity contribution >= 4 is 47.1 Å². The molecular formula is C17H16Cl2F2N2O4. The number of alkyl halides is 2. The quantitative estimate of drug-likeness (QED) is 0.714. The maximum absolute atomic E-state index is 14.2. The molecule has 3 rings (SSSR count). The van der Waals surface area contributed by atoms with Crippen LogP contribution in [0.4, 0.5) is 14.5 Å². The molecule has 0 aromatic heterocycles. The number of hydrogen-bond acceptors (Lipinski definition) is 4. The Bertz CT molecular complexity index is 835. The first-order valence-corrected chi connectivity index (χ1v) is 8.96. The number of rotatable bonds is 5. The van der Waals surface area contributed by atoms with Crippen molar-refractivity contribution in [3.05, 3.63) is 27.7 Å². The minimum absolute atomic E-state index is 0.0589. The molecule has 0 saturated carbocycles. The summed E-state index contributed by atoms with van der Waals surface area (Å²) in [5.74, 6) is -8.14. The molecule has 10 heteroatoms.